The van der Waals surface area contributed by atoms with E-state index >= 15 is 0 Å². The van der Waals surface area contributed by atoms with Gasteiger partial charge in [0.05, 0.1) is 12.0 Å². The van der Waals surface area contributed by atoms with E-state index in [-0.39, 0.29) is 23.3 Å². The van der Waals surface area contributed by atoms with Gasteiger partial charge in [-0.1, -0.05) is 22.8 Å². The maximum Gasteiger partial charge on any atom is 0.322 e. The van der Waals surface area contributed by atoms with Crippen molar-refractivity contribution in [2.75, 3.05) is 19.0 Å². The first kappa shape index (κ1) is 22.0. The SMILES string of the molecule is COc1ccc(S(=O)(=O)N2CCCC2C(=O)Nc2nnc(-c3ccc(C)cc3C)o2)cc1. The van der Waals surface area contributed by atoms with Gasteiger partial charge in [-0.15, -0.1) is 5.10 Å². The second kappa shape index (κ2) is 8.71. The van der Waals surface area contributed by atoms with Crippen molar-refractivity contribution in [1.29, 1.82) is 0 Å². The number of aromatic nitrogens is 2. The maximum absolute atomic E-state index is 13.1. The van der Waals surface area contributed by atoms with Crippen LogP contribution in [0.25, 0.3) is 11.5 Å². The summed E-state index contributed by atoms with van der Waals surface area (Å²) in [7, 11) is -2.34. The Morgan fingerprint density at radius 3 is 2.59 bits per heavy atom. The quantitative estimate of drug-likeness (QED) is 0.606. The number of carbonyl (C=O) groups excluding carboxylic acids is 1. The number of anilines is 1. The third-order valence-electron chi connectivity index (χ3n) is 5.44. The Kier molecular flexibility index (Phi) is 5.98. The van der Waals surface area contributed by atoms with Crippen LogP contribution in [-0.4, -0.2) is 48.5 Å². The number of methoxy groups -OCH3 is 1. The highest BCUT2D eigenvalue weighted by Crippen LogP contribution is 2.29. The molecule has 4 rings (SSSR count). The van der Waals surface area contributed by atoms with E-state index in [9.17, 15) is 13.2 Å². The number of sulfonamides is 1. The highest BCUT2D eigenvalue weighted by molar-refractivity contribution is 7.89. The van der Waals surface area contributed by atoms with Gasteiger partial charge in [-0.3, -0.25) is 10.1 Å². The average molecular weight is 457 g/mol. The van der Waals surface area contributed by atoms with Crippen LogP contribution in [0.15, 0.2) is 51.8 Å². The highest BCUT2D eigenvalue weighted by atomic mass is 32.2. The highest BCUT2D eigenvalue weighted by Gasteiger charge is 2.40. The Bertz CT molecular complexity index is 1240. The van der Waals surface area contributed by atoms with Gasteiger partial charge in [0.25, 0.3) is 0 Å². The summed E-state index contributed by atoms with van der Waals surface area (Å²) in [6.07, 6.45) is 0.977. The number of hydrogen-bond acceptors (Lipinski definition) is 7. The first-order chi connectivity index (χ1) is 15.3. The van der Waals surface area contributed by atoms with Gasteiger partial charge in [0.15, 0.2) is 0 Å². The Morgan fingerprint density at radius 2 is 1.91 bits per heavy atom. The fourth-order valence-corrected chi connectivity index (χ4v) is 5.45. The van der Waals surface area contributed by atoms with E-state index in [0.717, 1.165) is 16.7 Å². The van der Waals surface area contributed by atoms with Crippen molar-refractivity contribution in [2.45, 2.75) is 37.6 Å². The zero-order valence-electron chi connectivity index (χ0n) is 18.0. The van der Waals surface area contributed by atoms with E-state index in [1.165, 1.54) is 23.5 Å². The van der Waals surface area contributed by atoms with Gasteiger partial charge < -0.3 is 9.15 Å². The molecule has 9 nitrogen and oxygen atoms in total. The van der Waals surface area contributed by atoms with Crippen LogP contribution in [0, 0.1) is 13.8 Å². The van der Waals surface area contributed by atoms with Crippen molar-refractivity contribution in [3.8, 4) is 17.2 Å². The summed E-state index contributed by atoms with van der Waals surface area (Å²) in [5, 5.41) is 10.5. The van der Waals surface area contributed by atoms with E-state index in [1.54, 1.807) is 12.1 Å². The second-order valence-electron chi connectivity index (χ2n) is 7.67. The second-order valence-corrected chi connectivity index (χ2v) is 9.56. The predicted octanol–water partition coefficient (Wildman–Crippen LogP) is 3.15. The molecule has 2 aromatic carbocycles. The smallest absolute Gasteiger partial charge is 0.322 e. The first-order valence-electron chi connectivity index (χ1n) is 10.2. The summed E-state index contributed by atoms with van der Waals surface area (Å²) < 4.78 is 38.1. The van der Waals surface area contributed by atoms with Crippen molar-refractivity contribution in [3.63, 3.8) is 0 Å². The minimum Gasteiger partial charge on any atom is -0.497 e. The molecule has 1 aliphatic rings. The Morgan fingerprint density at radius 1 is 1.16 bits per heavy atom. The summed E-state index contributed by atoms with van der Waals surface area (Å²) in [5.41, 5.74) is 2.85. The lowest BCUT2D eigenvalue weighted by Gasteiger charge is -2.22. The van der Waals surface area contributed by atoms with Crippen molar-refractivity contribution in [1.82, 2.24) is 14.5 Å². The van der Waals surface area contributed by atoms with Crippen molar-refractivity contribution < 1.29 is 22.4 Å². The van der Waals surface area contributed by atoms with Crippen molar-refractivity contribution in [3.05, 3.63) is 53.6 Å². The molecule has 1 aromatic heterocycles. The van der Waals surface area contributed by atoms with Crippen LogP contribution in [0.2, 0.25) is 0 Å². The fraction of sp³-hybridized carbons (Fsp3) is 0.318. The monoisotopic (exact) mass is 456 g/mol. The summed E-state index contributed by atoms with van der Waals surface area (Å²) >= 11 is 0. The average Bonchev–Trinajstić information content (AvgIpc) is 3.44. The Balaban J connectivity index is 1.51. The third-order valence-corrected chi connectivity index (χ3v) is 7.36. The predicted molar refractivity (Wildman–Crippen MR) is 118 cm³/mol. The molecule has 1 aliphatic heterocycles. The molecular formula is C22H24N4O5S. The van der Waals surface area contributed by atoms with Gasteiger partial charge in [-0.2, -0.15) is 4.31 Å². The number of hydrogen-bond donors (Lipinski definition) is 1. The molecular weight excluding hydrogens is 432 g/mol. The van der Waals surface area contributed by atoms with Gasteiger partial charge in [0, 0.05) is 12.1 Å². The van der Waals surface area contributed by atoms with Crippen LogP contribution in [0.4, 0.5) is 6.01 Å². The molecule has 1 N–H and O–H groups in total. The van der Waals surface area contributed by atoms with Crippen molar-refractivity contribution >= 4 is 21.9 Å². The molecule has 0 aliphatic carbocycles. The molecule has 10 heteroatoms. The topological polar surface area (TPSA) is 115 Å². The minimum atomic E-state index is -3.85. The molecule has 0 radical (unpaired) electrons. The minimum absolute atomic E-state index is 0.0707. The molecule has 1 unspecified atom stereocenters. The van der Waals surface area contributed by atoms with Gasteiger partial charge in [-0.25, -0.2) is 8.42 Å². The zero-order valence-corrected chi connectivity index (χ0v) is 18.8. The summed E-state index contributed by atoms with van der Waals surface area (Å²) in [6, 6.07) is 11.0. The van der Waals surface area contributed by atoms with Gasteiger partial charge in [0.1, 0.15) is 11.8 Å². The largest absolute Gasteiger partial charge is 0.497 e. The summed E-state index contributed by atoms with van der Waals surface area (Å²) in [6.45, 7) is 4.18. The number of ether oxygens (including phenoxy) is 1. The number of benzene rings is 2. The third kappa shape index (κ3) is 4.23. The van der Waals surface area contributed by atoms with Crippen LogP contribution in [0.1, 0.15) is 24.0 Å². The van der Waals surface area contributed by atoms with E-state index in [0.29, 0.717) is 18.6 Å². The number of amides is 1. The maximum atomic E-state index is 13.1. The van der Waals surface area contributed by atoms with Gasteiger partial charge in [0.2, 0.25) is 21.8 Å². The molecule has 168 valence electrons. The Hall–Kier alpha value is -3.24. The van der Waals surface area contributed by atoms with Gasteiger partial charge >= 0.3 is 6.01 Å². The number of aryl methyl sites for hydroxylation is 2. The molecule has 0 bridgehead atoms. The molecule has 32 heavy (non-hydrogen) atoms. The molecule has 0 saturated carbocycles. The summed E-state index contributed by atoms with van der Waals surface area (Å²) in [4.78, 5) is 13.0. The summed E-state index contributed by atoms with van der Waals surface area (Å²) in [5.74, 6) is 0.332. The normalized spacial score (nSPS) is 16.8. The van der Waals surface area contributed by atoms with Crippen LogP contribution in [0.5, 0.6) is 5.75 Å². The van der Waals surface area contributed by atoms with Gasteiger partial charge in [-0.05, 0) is 62.6 Å². The molecule has 1 amide bonds. The fourth-order valence-electron chi connectivity index (χ4n) is 3.80. The van der Waals surface area contributed by atoms with E-state index in [4.69, 9.17) is 9.15 Å². The Labute approximate surface area is 186 Å². The lowest BCUT2D eigenvalue weighted by molar-refractivity contribution is -0.119. The number of rotatable bonds is 6. The molecule has 2 heterocycles. The number of nitrogens with one attached hydrogen (secondary N) is 1. The first-order valence-corrected chi connectivity index (χ1v) is 11.6. The molecule has 1 atom stereocenters. The van der Waals surface area contributed by atoms with Crippen LogP contribution >= 0.6 is 0 Å². The zero-order chi connectivity index (χ0) is 22.9. The van der Waals surface area contributed by atoms with Crippen LogP contribution < -0.4 is 10.1 Å². The molecule has 3 aromatic rings. The molecule has 0 spiro atoms. The number of nitrogens with zero attached hydrogens (tertiary/aromatic N) is 3. The van der Waals surface area contributed by atoms with Crippen molar-refractivity contribution in [2.24, 2.45) is 0 Å². The molecule has 1 fully saturated rings. The lowest BCUT2D eigenvalue weighted by Crippen LogP contribution is -2.43. The van der Waals surface area contributed by atoms with E-state index in [1.807, 2.05) is 32.0 Å². The standard InChI is InChI=1S/C22H24N4O5S/c1-14-6-11-18(15(2)13-14)21-24-25-22(31-21)23-20(27)19-5-4-12-26(19)32(28,29)17-9-7-16(30-3)8-10-17/h6-11,13,19H,4-5,12H2,1-3H3,(H,23,25,27). The lowest BCUT2D eigenvalue weighted by atomic mass is 10.1. The van der Waals surface area contributed by atoms with Crippen LogP contribution in [-0.2, 0) is 14.8 Å². The molecule has 1 saturated heterocycles. The van der Waals surface area contributed by atoms with Crippen LogP contribution in [0.3, 0.4) is 0 Å². The number of carbonyl (C=O) groups is 1. The van der Waals surface area contributed by atoms with E-state index in [2.05, 4.69) is 15.5 Å². The van der Waals surface area contributed by atoms with E-state index < -0.39 is 22.0 Å².